The van der Waals surface area contributed by atoms with Gasteiger partial charge in [-0.1, -0.05) is 12.8 Å². The molecule has 0 amide bonds. The number of carbonyl (C=O) groups is 1. The van der Waals surface area contributed by atoms with E-state index in [2.05, 4.69) is 0 Å². The average molecular weight is 280 g/mol. The fraction of sp³-hybridized carbons (Fsp3) is 0.533. The molecule has 1 atom stereocenters. The van der Waals surface area contributed by atoms with Crippen LogP contribution in [0.15, 0.2) is 24.3 Å². The monoisotopic (exact) mass is 280 g/mol. The van der Waals surface area contributed by atoms with Gasteiger partial charge in [0.15, 0.2) is 5.78 Å². The fourth-order valence-corrected chi connectivity index (χ4v) is 3.94. The Balaban J connectivity index is 1.86. The number of Topliss-reactive ketones (excluding diaryl/α,β-unsaturated/α-hetero) is 1. The number of benzene rings is 1. The molecule has 1 saturated carbocycles. The van der Waals surface area contributed by atoms with Crippen LogP contribution in [0.4, 0.5) is 0 Å². The predicted octanol–water partition coefficient (Wildman–Crippen LogP) is 2.82. The third kappa shape index (κ3) is 4.16. The molecule has 1 fully saturated rings. The summed E-state index contributed by atoms with van der Waals surface area (Å²) in [6, 6.07) is 6.97. The molecule has 2 rings (SSSR count). The molecule has 19 heavy (non-hydrogen) atoms. The zero-order valence-electron chi connectivity index (χ0n) is 11.3. The molecule has 0 N–H and O–H groups in total. The van der Waals surface area contributed by atoms with E-state index in [0.29, 0.717) is 17.2 Å². The standard InChI is InChI=1S/C15H20O3S/c1-18-14-8-6-13(7-9-14)15(16)11-19(17)10-12-4-2-3-5-12/h6-9,12H,2-5,10-11H2,1H3. The van der Waals surface area contributed by atoms with Gasteiger partial charge in [-0.05, 0) is 43.0 Å². The van der Waals surface area contributed by atoms with Crippen molar-refractivity contribution in [3.63, 3.8) is 0 Å². The first-order valence-electron chi connectivity index (χ1n) is 6.71. The maximum atomic E-state index is 12.0. The van der Waals surface area contributed by atoms with E-state index in [-0.39, 0.29) is 11.5 Å². The first-order valence-corrected chi connectivity index (χ1v) is 8.20. The van der Waals surface area contributed by atoms with E-state index in [4.69, 9.17) is 4.74 Å². The first kappa shape index (κ1) is 14.3. The first-order chi connectivity index (χ1) is 9.19. The summed E-state index contributed by atoms with van der Waals surface area (Å²) in [5.74, 6) is 2.07. The van der Waals surface area contributed by atoms with Crippen LogP contribution in [0.1, 0.15) is 36.0 Å². The summed E-state index contributed by atoms with van der Waals surface area (Å²) in [6.45, 7) is 0. The molecule has 0 aromatic heterocycles. The minimum absolute atomic E-state index is 0.0426. The summed E-state index contributed by atoms with van der Waals surface area (Å²) in [7, 11) is 0.562. The van der Waals surface area contributed by atoms with Gasteiger partial charge in [-0.15, -0.1) is 0 Å². The molecule has 4 heteroatoms. The second-order valence-corrected chi connectivity index (χ2v) is 6.55. The Labute approximate surface area is 116 Å². The molecule has 1 aliphatic carbocycles. The number of ketones is 1. The second-order valence-electron chi connectivity index (χ2n) is 5.05. The van der Waals surface area contributed by atoms with E-state index in [1.54, 1.807) is 31.4 Å². The number of ether oxygens (including phenoxy) is 1. The lowest BCUT2D eigenvalue weighted by Gasteiger charge is -2.08. The van der Waals surface area contributed by atoms with E-state index < -0.39 is 10.8 Å². The molecule has 1 unspecified atom stereocenters. The van der Waals surface area contributed by atoms with Crippen molar-refractivity contribution in [2.75, 3.05) is 18.6 Å². The number of methoxy groups -OCH3 is 1. The molecular formula is C15H20O3S. The highest BCUT2D eigenvalue weighted by atomic mass is 32.2. The van der Waals surface area contributed by atoms with Crippen molar-refractivity contribution in [2.24, 2.45) is 5.92 Å². The summed E-state index contributed by atoms with van der Waals surface area (Å²) >= 11 is 0. The van der Waals surface area contributed by atoms with Gasteiger partial charge in [-0.2, -0.15) is 0 Å². The SMILES string of the molecule is COc1ccc(C(=O)CS(=O)CC2CCCC2)cc1. The van der Waals surface area contributed by atoms with Gasteiger partial charge in [0.1, 0.15) is 5.75 Å². The fourth-order valence-electron chi connectivity index (χ4n) is 2.51. The third-order valence-corrected chi connectivity index (χ3v) is 5.03. The zero-order valence-corrected chi connectivity index (χ0v) is 12.1. The minimum Gasteiger partial charge on any atom is -0.497 e. The van der Waals surface area contributed by atoms with Crippen LogP contribution in [0.5, 0.6) is 5.75 Å². The van der Waals surface area contributed by atoms with Crippen molar-refractivity contribution in [1.29, 1.82) is 0 Å². The van der Waals surface area contributed by atoms with Crippen LogP contribution >= 0.6 is 0 Å². The van der Waals surface area contributed by atoms with Crippen LogP contribution in [0.2, 0.25) is 0 Å². The van der Waals surface area contributed by atoms with Crippen LogP contribution in [-0.2, 0) is 10.8 Å². The summed E-state index contributed by atoms with van der Waals surface area (Å²) in [4.78, 5) is 12.0. The Hall–Kier alpha value is -1.16. The third-order valence-electron chi connectivity index (χ3n) is 3.60. The van der Waals surface area contributed by atoms with Crippen LogP contribution in [0, 0.1) is 5.92 Å². The molecule has 0 spiro atoms. The highest BCUT2D eigenvalue weighted by Gasteiger charge is 2.19. The minimum atomic E-state index is -1.03. The maximum Gasteiger partial charge on any atom is 0.175 e. The summed E-state index contributed by atoms with van der Waals surface area (Å²) in [6.07, 6.45) is 4.83. The van der Waals surface area contributed by atoms with Crippen molar-refractivity contribution in [2.45, 2.75) is 25.7 Å². The van der Waals surface area contributed by atoms with Crippen LogP contribution in [-0.4, -0.2) is 28.6 Å². The van der Waals surface area contributed by atoms with Gasteiger partial charge in [0.05, 0.1) is 12.9 Å². The summed E-state index contributed by atoms with van der Waals surface area (Å²) in [5, 5.41) is 0. The second kappa shape index (κ2) is 6.85. The van der Waals surface area contributed by atoms with Gasteiger partial charge in [-0.25, -0.2) is 0 Å². The van der Waals surface area contributed by atoms with Crippen molar-refractivity contribution >= 4 is 16.6 Å². The Morgan fingerprint density at radius 2 is 1.89 bits per heavy atom. The van der Waals surface area contributed by atoms with Crippen molar-refractivity contribution in [1.82, 2.24) is 0 Å². The van der Waals surface area contributed by atoms with Crippen LogP contribution in [0.25, 0.3) is 0 Å². The van der Waals surface area contributed by atoms with Gasteiger partial charge in [0.25, 0.3) is 0 Å². The molecule has 104 valence electrons. The lowest BCUT2D eigenvalue weighted by Crippen LogP contribution is -2.17. The molecule has 1 aromatic carbocycles. The molecule has 0 saturated heterocycles. The van der Waals surface area contributed by atoms with Crippen LogP contribution in [0.3, 0.4) is 0 Å². The van der Waals surface area contributed by atoms with E-state index in [9.17, 15) is 9.00 Å². The Bertz CT molecular complexity index is 447. The van der Waals surface area contributed by atoms with Gasteiger partial charge < -0.3 is 4.74 Å². The van der Waals surface area contributed by atoms with E-state index in [0.717, 1.165) is 5.75 Å². The highest BCUT2D eigenvalue weighted by molar-refractivity contribution is 7.85. The topological polar surface area (TPSA) is 43.4 Å². The van der Waals surface area contributed by atoms with Crippen molar-refractivity contribution in [3.05, 3.63) is 29.8 Å². The molecule has 0 bridgehead atoms. The Kier molecular flexibility index (Phi) is 5.14. The van der Waals surface area contributed by atoms with E-state index in [1.807, 2.05) is 0 Å². The molecule has 3 nitrogen and oxygen atoms in total. The molecule has 0 aliphatic heterocycles. The quantitative estimate of drug-likeness (QED) is 0.753. The van der Waals surface area contributed by atoms with Gasteiger partial charge in [0.2, 0.25) is 0 Å². The maximum absolute atomic E-state index is 12.0. The highest BCUT2D eigenvalue weighted by Crippen LogP contribution is 2.25. The van der Waals surface area contributed by atoms with Gasteiger partial charge in [-0.3, -0.25) is 9.00 Å². The normalized spacial score (nSPS) is 17.3. The van der Waals surface area contributed by atoms with Crippen molar-refractivity contribution < 1.29 is 13.7 Å². The smallest absolute Gasteiger partial charge is 0.175 e. The number of carbonyl (C=O) groups excluding carboxylic acids is 1. The van der Waals surface area contributed by atoms with Gasteiger partial charge >= 0.3 is 0 Å². The van der Waals surface area contributed by atoms with E-state index in [1.165, 1.54) is 25.7 Å². The number of hydrogen-bond acceptors (Lipinski definition) is 3. The Morgan fingerprint density at radius 3 is 2.47 bits per heavy atom. The predicted molar refractivity (Wildman–Crippen MR) is 77.2 cm³/mol. The Morgan fingerprint density at radius 1 is 1.26 bits per heavy atom. The lowest BCUT2D eigenvalue weighted by atomic mass is 10.1. The largest absolute Gasteiger partial charge is 0.497 e. The van der Waals surface area contributed by atoms with Crippen LogP contribution < -0.4 is 4.74 Å². The van der Waals surface area contributed by atoms with E-state index >= 15 is 0 Å². The number of hydrogen-bond donors (Lipinski definition) is 0. The molecule has 0 heterocycles. The molecule has 0 radical (unpaired) electrons. The molecule has 1 aliphatic rings. The summed E-state index contributed by atoms with van der Waals surface area (Å²) in [5.41, 5.74) is 0.612. The zero-order chi connectivity index (χ0) is 13.7. The van der Waals surface area contributed by atoms with Gasteiger partial charge in [0, 0.05) is 22.1 Å². The number of rotatable bonds is 6. The lowest BCUT2D eigenvalue weighted by molar-refractivity contribution is 0.102. The summed E-state index contributed by atoms with van der Waals surface area (Å²) < 4.78 is 17.0. The molecule has 1 aromatic rings. The van der Waals surface area contributed by atoms with Crippen molar-refractivity contribution in [3.8, 4) is 5.75 Å². The average Bonchev–Trinajstić information content (AvgIpc) is 2.91. The molecular weight excluding hydrogens is 260 g/mol.